The third-order valence-corrected chi connectivity index (χ3v) is 4.17. The Morgan fingerprint density at radius 2 is 2.12 bits per heavy atom. The lowest BCUT2D eigenvalue weighted by atomic mass is 10.0. The molecule has 0 radical (unpaired) electrons. The maximum Gasteiger partial charge on any atom is 0.189 e. The maximum atomic E-state index is 6.08. The zero-order chi connectivity index (χ0) is 16.9. The lowest BCUT2D eigenvalue weighted by Gasteiger charge is -2.26. The lowest BCUT2D eigenvalue weighted by Crippen LogP contribution is -2.37. The van der Waals surface area contributed by atoms with Crippen molar-refractivity contribution in [2.45, 2.75) is 25.9 Å². The SMILES string of the molecule is COc1ccc(CN=C(N)NC2CCOc3ccccc32)cc1C.I. The summed E-state index contributed by atoms with van der Waals surface area (Å²) in [6, 6.07) is 14.2. The van der Waals surface area contributed by atoms with E-state index in [4.69, 9.17) is 15.2 Å². The molecule has 1 heterocycles. The van der Waals surface area contributed by atoms with Gasteiger partial charge in [0.05, 0.1) is 26.3 Å². The Morgan fingerprint density at radius 1 is 1.32 bits per heavy atom. The largest absolute Gasteiger partial charge is 0.496 e. The number of ether oxygens (including phenoxy) is 2. The normalized spacial score (nSPS) is 16.2. The molecule has 0 spiro atoms. The van der Waals surface area contributed by atoms with E-state index < -0.39 is 0 Å². The van der Waals surface area contributed by atoms with Gasteiger partial charge >= 0.3 is 0 Å². The van der Waals surface area contributed by atoms with Crippen LogP contribution in [-0.2, 0) is 6.54 Å². The molecular weight excluding hydrogens is 429 g/mol. The molecule has 2 aromatic carbocycles. The summed E-state index contributed by atoms with van der Waals surface area (Å²) in [6.07, 6.45) is 0.870. The summed E-state index contributed by atoms with van der Waals surface area (Å²) in [7, 11) is 1.67. The van der Waals surface area contributed by atoms with Crippen molar-refractivity contribution >= 4 is 29.9 Å². The number of rotatable bonds is 4. The van der Waals surface area contributed by atoms with Crippen LogP contribution >= 0.6 is 24.0 Å². The van der Waals surface area contributed by atoms with E-state index in [-0.39, 0.29) is 30.0 Å². The van der Waals surface area contributed by atoms with Gasteiger partial charge in [-0.15, -0.1) is 24.0 Å². The predicted molar refractivity (Wildman–Crippen MR) is 111 cm³/mol. The topological polar surface area (TPSA) is 68.9 Å². The van der Waals surface area contributed by atoms with Gasteiger partial charge in [-0.2, -0.15) is 0 Å². The van der Waals surface area contributed by atoms with Crippen LogP contribution in [0.3, 0.4) is 0 Å². The van der Waals surface area contributed by atoms with E-state index in [1.165, 1.54) is 0 Å². The minimum atomic E-state index is 0. The first-order valence-corrected chi connectivity index (χ1v) is 8.09. The molecule has 0 amide bonds. The van der Waals surface area contributed by atoms with Crippen molar-refractivity contribution in [1.29, 1.82) is 0 Å². The second kappa shape index (κ2) is 8.94. The molecule has 0 bridgehead atoms. The molecule has 0 saturated carbocycles. The highest BCUT2D eigenvalue weighted by molar-refractivity contribution is 14.0. The number of hydrogen-bond acceptors (Lipinski definition) is 3. The molecule has 3 N–H and O–H groups in total. The number of guanidine groups is 1. The number of nitrogens with zero attached hydrogens (tertiary/aromatic N) is 1. The van der Waals surface area contributed by atoms with Gasteiger partial charge in [-0.05, 0) is 30.2 Å². The fourth-order valence-corrected chi connectivity index (χ4v) is 2.93. The molecule has 0 saturated heterocycles. The van der Waals surface area contributed by atoms with Crippen LogP contribution in [0.15, 0.2) is 47.5 Å². The van der Waals surface area contributed by atoms with Crippen LogP contribution in [-0.4, -0.2) is 19.7 Å². The van der Waals surface area contributed by atoms with Gasteiger partial charge in [-0.25, -0.2) is 4.99 Å². The number of hydrogen-bond donors (Lipinski definition) is 2. The Hall–Kier alpha value is -1.96. The summed E-state index contributed by atoms with van der Waals surface area (Å²) in [6.45, 7) is 3.24. The maximum absolute atomic E-state index is 6.08. The zero-order valence-electron chi connectivity index (χ0n) is 14.5. The van der Waals surface area contributed by atoms with E-state index in [1.54, 1.807) is 7.11 Å². The molecule has 1 aliphatic heterocycles. The molecule has 0 aliphatic carbocycles. The van der Waals surface area contributed by atoms with Gasteiger partial charge in [-0.3, -0.25) is 0 Å². The van der Waals surface area contributed by atoms with Crippen LogP contribution in [0.1, 0.15) is 29.2 Å². The molecule has 6 heteroatoms. The number of nitrogens with one attached hydrogen (secondary N) is 1. The summed E-state index contributed by atoms with van der Waals surface area (Å²) < 4.78 is 10.9. The minimum Gasteiger partial charge on any atom is -0.496 e. The second-order valence-corrected chi connectivity index (χ2v) is 5.88. The first-order valence-electron chi connectivity index (χ1n) is 8.09. The predicted octanol–water partition coefficient (Wildman–Crippen LogP) is 3.55. The van der Waals surface area contributed by atoms with Gasteiger partial charge in [0, 0.05) is 12.0 Å². The van der Waals surface area contributed by atoms with E-state index in [0.717, 1.165) is 34.6 Å². The molecule has 5 nitrogen and oxygen atoms in total. The second-order valence-electron chi connectivity index (χ2n) is 5.88. The summed E-state index contributed by atoms with van der Waals surface area (Å²) >= 11 is 0. The summed E-state index contributed by atoms with van der Waals surface area (Å²) in [4.78, 5) is 4.46. The number of aliphatic imine (C=N–C) groups is 1. The highest BCUT2D eigenvalue weighted by Gasteiger charge is 2.21. The van der Waals surface area contributed by atoms with Crippen LogP contribution in [0, 0.1) is 6.92 Å². The molecule has 0 aromatic heterocycles. The van der Waals surface area contributed by atoms with Gasteiger partial charge in [-0.1, -0.05) is 30.3 Å². The first kappa shape index (κ1) is 19.4. The Morgan fingerprint density at radius 3 is 2.88 bits per heavy atom. The van der Waals surface area contributed by atoms with Crippen molar-refractivity contribution in [1.82, 2.24) is 5.32 Å². The minimum absolute atomic E-state index is 0. The number of nitrogens with two attached hydrogens (primary N) is 1. The van der Waals surface area contributed by atoms with Crippen molar-refractivity contribution in [3.63, 3.8) is 0 Å². The average molecular weight is 453 g/mol. The highest BCUT2D eigenvalue weighted by atomic mass is 127. The number of benzene rings is 2. The van der Waals surface area contributed by atoms with Crippen LogP contribution < -0.4 is 20.5 Å². The molecular formula is C19H24IN3O2. The Bertz CT molecular complexity index is 749. The molecule has 25 heavy (non-hydrogen) atoms. The average Bonchev–Trinajstić information content (AvgIpc) is 2.60. The van der Waals surface area contributed by atoms with Gasteiger partial charge in [0.1, 0.15) is 11.5 Å². The fraction of sp³-hybridized carbons (Fsp3) is 0.316. The van der Waals surface area contributed by atoms with E-state index >= 15 is 0 Å². The first-order chi connectivity index (χ1) is 11.7. The number of halogens is 1. The Labute approximate surface area is 165 Å². The van der Waals surface area contributed by atoms with Crippen LogP contribution in [0.2, 0.25) is 0 Å². The number of methoxy groups -OCH3 is 1. The summed E-state index contributed by atoms with van der Waals surface area (Å²) in [5.74, 6) is 2.25. The van der Waals surface area contributed by atoms with E-state index in [2.05, 4.69) is 22.4 Å². The molecule has 3 rings (SSSR count). The van der Waals surface area contributed by atoms with Crippen LogP contribution in [0.5, 0.6) is 11.5 Å². The van der Waals surface area contributed by atoms with Gasteiger partial charge in [0.2, 0.25) is 0 Å². The Kier molecular flexibility index (Phi) is 6.92. The lowest BCUT2D eigenvalue weighted by molar-refractivity contribution is 0.262. The quantitative estimate of drug-likeness (QED) is 0.422. The summed E-state index contributed by atoms with van der Waals surface area (Å²) in [5, 5.41) is 3.31. The van der Waals surface area contributed by atoms with Crippen molar-refractivity contribution in [3.05, 3.63) is 59.2 Å². The van der Waals surface area contributed by atoms with Crippen molar-refractivity contribution in [2.75, 3.05) is 13.7 Å². The van der Waals surface area contributed by atoms with E-state index in [1.807, 2.05) is 37.3 Å². The smallest absolute Gasteiger partial charge is 0.189 e. The third-order valence-electron chi connectivity index (χ3n) is 4.17. The molecule has 1 atom stereocenters. The standard InChI is InChI=1S/C19H23N3O2.HI/c1-13-11-14(7-8-17(13)23-2)12-21-19(20)22-16-9-10-24-18-6-4-3-5-15(16)18;/h3-8,11,16H,9-10,12H2,1-2H3,(H3,20,21,22);1H. The van der Waals surface area contributed by atoms with Crippen molar-refractivity contribution < 1.29 is 9.47 Å². The van der Waals surface area contributed by atoms with Crippen LogP contribution in [0.25, 0.3) is 0 Å². The zero-order valence-corrected chi connectivity index (χ0v) is 16.8. The number of fused-ring (bicyclic) bond motifs is 1. The van der Waals surface area contributed by atoms with Crippen molar-refractivity contribution in [2.24, 2.45) is 10.7 Å². The molecule has 134 valence electrons. The number of aryl methyl sites for hydroxylation is 1. The molecule has 1 aliphatic rings. The van der Waals surface area contributed by atoms with Crippen molar-refractivity contribution in [3.8, 4) is 11.5 Å². The van der Waals surface area contributed by atoms with Crippen LogP contribution in [0.4, 0.5) is 0 Å². The van der Waals surface area contributed by atoms with E-state index in [0.29, 0.717) is 19.1 Å². The summed E-state index contributed by atoms with van der Waals surface area (Å²) in [5.41, 5.74) is 9.40. The molecule has 1 unspecified atom stereocenters. The van der Waals surface area contributed by atoms with Gasteiger partial charge in [0.15, 0.2) is 5.96 Å². The van der Waals surface area contributed by atoms with Gasteiger partial charge in [0.25, 0.3) is 0 Å². The fourth-order valence-electron chi connectivity index (χ4n) is 2.93. The van der Waals surface area contributed by atoms with Gasteiger partial charge < -0.3 is 20.5 Å². The number of para-hydroxylation sites is 1. The molecule has 0 fully saturated rings. The molecule has 2 aromatic rings. The monoisotopic (exact) mass is 453 g/mol. The highest BCUT2D eigenvalue weighted by Crippen LogP contribution is 2.31. The third kappa shape index (κ3) is 4.78. The van der Waals surface area contributed by atoms with E-state index in [9.17, 15) is 0 Å². The Balaban J connectivity index is 0.00000225.